The summed E-state index contributed by atoms with van der Waals surface area (Å²) in [5.74, 6) is -0.363. The van der Waals surface area contributed by atoms with Gasteiger partial charge in [-0.25, -0.2) is 9.59 Å². The van der Waals surface area contributed by atoms with Gasteiger partial charge in [-0.15, -0.1) is 0 Å². The van der Waals surface area contributed by atoms with Crippen LogP contribution in [0.15, 0.2) is 112 Å². The number of benzene rings is 4. The first-order valence-electron chi connectivity index (χ1n) is 14.4. The third-order valence-corrected chi connectivity index (χ3v) is 6.65. The topological polar surface area (TPSA) is 124 Å². The highest BCUT2D eigenvalue weighted by Gasteiger charge is 2.27. The Hall–Kier alpha value is -5.57. The van der Waals surface area contributed by atoms with Crippen LogP contribution in [0.3, 0.4) is 0 Å². The third-order valence-electron chi connectivity index (χ3n) is 6.65. The zero-order valence-electron chi connectivity index (χ0n) is 25.1. The Morgan fingerprint density at radius 3 is 2.18 bits per heavy atom. The van der Waals surface area contributed by atoms with Crippen molar-refractivity contribution in [2.45, 2.75) is 45.4 Å². The predicted octanol–water partition coefficient (Wildman–Crippen LogP) is 6.79. The molecule has 1 heterocycles. The van der Waals surface area contributed by atoms with Crippen LogP contribution in [0.1, 0.15) is 31.9 Å². The van der Waals surface area contributed by atoms with E-state index in [4.69, 9.17) is 18.6 Å². The molecule has 0 bridgehead atoms. The van der Waals surface area contributed by atoms with Crippen molar-refractivity contribution in [2.75, 3.05) is 0 Å². The van der Waals surface area contributed by atoms with E-state index in [-0.39, 0.29) is 28.9 Å². The molecule has 5 rings (SSSR count). The van der Waals surface area contributed by atoms with Gasteiger partial charge in [-0.3, -0.25) is 4.79 Å². The highest BCUT2D eigenvalue weighted by Crippen LogP contribution is 2.31. The van der Waals surface area contributed by atoms with Crippen LogP contribution in [-0.4, -0.2) is 28.8 Å². The molecule has 0 aliphatic carbocycles. The van der Waals surface area contributed by atoms with Crippen molar-refractivity contribution in [1.29, 1.82) is 0 Å². The average Bonchev–Trinajstić information content (AvgIpc) is 3.00. The van der Waals surface area contributed by atoms with E-state index in [0.717, 1.165) is 17.2 Å². The Labute approximate surface area is 260 Å². The van der Waals surface area contributed by atoms with Crippen LogP contribution >= 0.6 is 0 Å². The van der Waals surface area contributed by atoms with Crippen molar-refractivity contribution in [2.24, 2.45) is 0 Å². The summed E-state index contributed by atoms with van der Waals surface area (Å²) in [5, 5.41) is 13.2. The van der Waals surface area contributed by atoms with Gasteiger partial charge < -0.3 is 29.1 Å². The number of hydrogen-bond acceptors (Lipinski definition) is 8. The molecular formula is C36H33NO8. The number of esters is 1. The second-order valence-electron chi connectivity index (χ2n) is 11.4. The number of carbonyl (C=O) groups is 2. The van der Waals surface area contributed by atoms with Crippen LogP contribution < -0.4 is 20.2 Å². The Morgan fingerprint density at radius 1 is 0.844 bits per heavy atom. The van der Waals surface area contributed by atoms with Crippen molar-refractivity contribution >= 4 is 23.0 Å². The lowest BCUT2D eigenvalue weighted by atomic mass is 10.1. The molecule has 9 nitrogen and oxygen atoms in total. The van der Waals surface area contributed by atoms with Crippen molar-refractivity contribution in [3.63, 3.8) is 0 Å². The number of carbonyl (C=O) groups excluding carboxylic acids is 2. The van der Waals surface area contributed by atoms with E-state index < -0.39 is 34.9 Å². The highest BCUT2D eigenvalue weighted by molar-refractivity contribution is 5.88. The number of amides is 1. The summed E-state index contributed by atoms with van der Waals surface area (Å²) in [6, 6.07) is 28.5. The number of hydrogen-bond donors (Lipinski definition) is 2. The lowest BCUT2D eigenvalue weighted by Crippen LogP contribution is -2.46. The quantitative estimate of drug-likeness (QED) is 0.139. The van der Waals surface area contributed by atoms with Gasteiger partial charge in [0.1, 0.15) is 52.2 Å². The predicted molar refractivity (Wildman–Crippen MR) is 169 cm³/mol. The number of phenols is 1. The summed E-state index contributed by atoms with van der Waals surface area (Å²) < 4.78 is 22.8. The summed E-state index contributed by atoms with van der Waals surface area (Å²) in [6.07, 6.45) is -0.726. The minimum absolute atomic E-state index is 0.0342. The maximum absolute atomic E-state index is 13.5. The van der Waals surface area contributed by atoms with E-state index in [1.54, 1.807) is 69.3 Å². The van der Waals surface area contributed by atoms with Crippen LogP contribution in [0.5, 0.6) is 17.2 Å². The number of ether oxygens (including phenoxy) is 3. The number of fused-ring (bicyclic) bond motifs is 1. The van der Waals surface area contributed by atoms with E-state index in [1.165, 1.54) is 12.1 Å². The summed E-state index contributed by atoms with van der Waals surface area (Å²) in [7, 11) is 0. The van der Waals surface area contributed by atoms with E-state index >= 15 is 0 Å². The van der Waals surface area contributed by atoms with E-state index in [1.807, 2.05) is 36.4 Å². The lowest BCUT2D eigenvalue weighted by Gasteiger charge is -2.23. The monoisotopic (exact) mass is 607 g/mol. The molecule has 230 valence electrons. The van der Waals surface area contributed by atoms with Gasteiger partial charge in [0.05, 0.1) is 0 Å². The number of alkyl carbamates (subject to hydrolysis) is 1. The molecule has 0 radical (unpaired) electrons. The fourth-order valence-electron chi connectivity index (χ4n) is 4.58. The first kappa shape index (κ1) is 30.9. The van der Waals surface area contributed by atoms with Gasteiger partial charge in [-0.2, -0.15) is 0 Å². The molecule has 5 aromatic rings. The minimum atomic E-state index is -1.16. The Kier molecular flexibility index (Phi) is 9.18. The Balaban J connectivity index is 1.36. The number of nitrogens with one attached hydrogen (secondary N) is 1. The van der Waals surface area contributed by atoms with Gasteiger partial charge in [-0.05, 0) is 44.0 Å². The Bertz CT molecular complexity index is 1840. The minimum Gasteiger partial charge on any atom is -0.507 e. The van der Waals surface area contributed by atoms with Gasteiger partial charge in [0, 0.05) is 30.2 Å². The largest absolute Gasteiger partial charge is 0.507 e. The fraction of sp³-hybridized carbons (Fsp3) is 0.194. The van der Waals surface area contributed by atoms with Gasteiger partial charge in [-0.1, -0.05) is 72.8 Å². The second-order valence-corrected chi connectivity index (χ2v) is 11.4. The Morgan fingerprint density at radius 2 is 1.51 bits per heavy atom. The summed E-state index contributed by atoms with van der Waals surface area (Å²) >= 11 is 0. The molecule has 4 aromatic carbocycles. The van der Waals surface area contributed by atoms with E-state index in [2.05, 4.69) is 5.32 Å². The number of phenolic OH excluding ortho intramolecular Hbond substituents is 1. The normalized spacial score (nSPS) is 11.9. The third kappa shape index (κ3) is 8.29. The molecule has 0 aliphatic rings. The van der Waals surface area contributed by atoms with E-state index in [9.17, 15) is 19.5 Å². The van der Waals surface area contributed by atoms with Crippen LogP contribution in [0.4, 0.5) is 4.79 Å². The average molecular weight is 608 g/mol. The molecule has 0 fully saturated rings. The maximum atomic E-state index is 13.5. The zero-order chi connectivity index (χ0) is 32.0. The molecule has 0 aliphatic heterocycles. The van der Waals surface area contributed by atoms with Gasteiger partial charge >= 0.3 is 12.1 Å². The van der Waals surface area contributed by atoms with Gasteiger partial charge in [0.2, 0.25) is 0 Å². The van der Waals surface area contributed by atoms with Crippen molar-refractivity contribution in [1.82, 2.24) is 5.32 Å². The van der Waals surface area contributed by atoms with Gasteiger partial charge in [0.25, 0.3) is 0 Å². The number of rotatable bonds is 9. The maximum Gasteiger partial charge on any atom is 0.408 e. The van der Waals surface area contributed by atoms with Crippen LogP contribution in [0, 0.1) is 0 Å². The summed E-state index contributed by atoms with van der Waals surface area (Å²) in [6.45, 7) is 5.54. The van der Waals surface area contributed by atoms with Gasteiger partial charge in [0.15, 0.2) is 5.43 Å². The van der Waals surface area contributed by atoms with Crippen LogP contribution in [0.25, 0.3) is 22.3 Å². The molecule has 1 amide bonds. The zero-order valence-corrected chi connectivity index (χ0v) is 25.1. The highest BCUT2D eigenvalue weighted by atomic mass is 16.6. The lowest BCUT2D eigenvalue weighted by molar-refractivity contribution is -0.136. The van der Waals surface area contributed by atoms with Crippen LogP contribution in [0.2, 0.25) is 0 Å². The molecular weight excluding hydrogens is 574 g/mol. The molecule has 0 saturated carbocycles. The molecule has 2 N–H and O–H groups in total. The van der Waals surface area contributed by atoms with Crippen molar-refractivity contribution in [3.05, 3.63) is 124 Å². The smallest absolute Gasteiger partial charge is 0.408 e. The summed E-state index contributed by atoms with van der Waals surface area (Å²) in [5.41, 5.74) is 1.20. The molecule has 1 atom stereocenters. The SMILES string of the molecule is CC(C)(C)OC(=O)N[C@@H](Cc1ccc(OCc2ccccc2)cc1)C(=O)Oc1cc(O)c2c(=O)cc(-c3ccccc3)oc2c1. The molecule has 1 aromatic heterocycles. The second kappa shape index (κ2) is 13.4. The van der Waals surface area contributed by atoms with Crippen molar-refractivity contribution in [3.8, 4) is 28.6 Å². The van der Waals surface area contributed by atoms with E-state index in [0.29, 0.717) is 17.9 Å². The van der Waals surface area contributed by atoms with Crippen LogP contribution in [-0.2, 0) is 22.6 Å². The summed E-state index contributed by atoms with van der Waals surface area (Å²) in [4.78, 5) is 38.9. The fourth-order valence-corrected chi connectivity index (χ4v) is 4.58. The first-order valence-corrected chi connectivity index (χ1v) is 14.4. The first-order chi connectivity index (χ1) is 21.5. The molecule has 0 unspecified atom stereocenters. The molecule has 45 heavy (non-hydrogen) atoms. The number of aromatic hydroxyl groups is 1. The molecule has 9 heteroatoms. The molecule has 0 spiro atoms. The molecule has 0 saturated heterocycles. The van der Waals surface area contributed by atoms with Crippen molar-refractivity contribution < 1.29 is 33.3 Å². The standard InChI is InChI=1S/C36H33NO8/c1-36(2,3)45-35(41)37-28(18-23-14-16-26(17-15-23)42-22-24-10-6-4-7-11-24)34(40)43-27-19-29(38)33-30(39)21-31(44-32(33)20-27)25-12-8-5-9-13-25/h4-17,19-21,28,38H,18,22H2,1-3H3,(H,37,41)/t28-/m0/s1.